The Bertz CT molecular complexity index is 1280. The molecule has 0 amide bonds. The summed E-state index contributed by atoms with van der Waals surface area (Å²) in [7, 11) is 0. The maximum absolute atomic E-state index is 2.41. The molecule has 2 atom stereocenters. The Balaban J connectivity index is -0.000000227. The van der Waals surface area contributed by atoms with Crippen LogP contribution in [-0.2, 0) is 21.7 Å². The van der Waals surface area contributed by atoms with Gasteiger partial charge in [0.1, 0.15) is 0 Å². The van der Waals surface area contributed by atoms with Gasteiger partial charge in [0.15, 0.2) is 0 Å². The van der Waals surface area contributed by atoms with Crippen molar-refractivity contribution in [2.75, 3.05) is 0 Å². The first-order valence-corrected chi connectivity index (χ1v) is 25.1. The standard InChI is InChI=1S/C14H28.C14H22.C14H28.C14H22.2C2H6.3CH4/c2*1-13(2,3)11-7-9-12(10-8-11)14(4,5)6;2*1-13(2,3)11-8-7-9-12(10-11)14(4,5)6;2*1-2;;;/h11-12H,7-10H2,1-6H3;7-10H,1-6H3;11-12H,7-10H2,1-6H3;7-10H,1-6H3;2*1-2H3;3*1H4. The lowest BCUT2D eigenvalue weighted by Gasteiger charge is -2.42. The zero-order valence-corrected chi connectivity index (χ0v) is 46.6. The molecule has 0 aliphatic heterocycles. The predicted octanol–water partition coefficient (Wildman–Crippen LogP) is 22.3. The van der Waals surface area contributed by atoms with Crippen LogP contribution >= 0.6 is 0 Å². The van der Waals surface area contributed by atoms with Crippen LogP contribution < -0.4 is 0 Å². The summed E-state index contributed by atoms with van der Waals surface area (Å²) in [6.07, 6.45) is 11.6. The molecule has 0 heteroatoms. The summed E-state index contributed by atoms with van der Waals surface area (Å²) >= 11 is 0. The van der Waals surface area contributed by atoms with Crippen LogP contribution in [0.2, 0.25) is 0 Å². The van der Waals surface area contributed by atoms with E-state index >= 15 is 0 Å². The maximum Gasteiger partial charge on any atom is -0.0132 e. The SMILES string of the molecule is C.C.C.CC.CC.CC(C)(C)C1CCC(C(C)(C)C)CC1.CC(C)(C)C1CCCC(C(C)(C)C)C1.CC(C)(C)c1ccc(C(C)(C)C)cc1.CC(C)(C)c1cccc(C(C)(C)C)c1. The third-order valence-corrected chi connectivity index (χ3v) is 13.5. The van der Waals surface area contributed by atoms with Crippen LogP contribution in [0.4, 0.5) is 0 Å². The topological polar surface area (TPSA) is 0 Å². The second kappa shape index (κ2) is 28.6. The van der Waals surface area contributed by atoms with Gasteiger partial charge in [-0.15, -0.1) is 0 Å². The highest BCUT2D eigenvalue weighted by Crippen LogP contribution is 2.47. The highest BCUT2D eigenvalue weighted by atomic mass is 14.4. The summed E-state index contributed by atoms with van der Waals surface area (Å²) in [6.45, 7) is 63.9. The zero-order chi connectivity index (χ0) is 47.9. The van der Waals surface area contributed by atoms with Crippen LogP contribution in [0.15, 0.2) is 48.5 Å². The van der Waals surface area contributed by atoms with Gasteiger partial charge in [0.05, 0.1) is 0 Å². The van der Waals surface area contributed by atoms with Crippen LogP contribution in [-0.4, -0.2) is 0 Å². The molecule has 0 bridgehead atoms. The second-order valence-electron chi connectivity index (χ2n) is 26.7. The molecule has 0 spiro atoms. The van der Waals surface area contributed by atoms with Gasteiger partial charge in [-0.2, -0.15) is 0 Å². The fourth-order valence-corrected chi connectivity index (χ4v) is 8.51. The number of hydrogen-bond donors (Lipinski definition) is 0. The van der Waals surface area contributed by atoms with Gasteiger partial charge in [0.25, 0.3) is 0 Å². The van der Waals surface area contributed by atoms with E-state index in [2.05, 4.69) is 215 Å². The summed E-state index contributed by atoms with van der Waals surface area (Å²) < 4.78 is 0. The molecule has 0 nitrogen and oxygen atoms in total. The molecule has 4 rings (SSSR count). The second-order valence-corrected chi connectivity index (χ2v) is 26.7. The predicted molar refractivity (Wildman–Crippen MR) is 299 cm³/mol. The Hall–Kier alpha value is -1.56. The van der Waals surface area contributed by atoms with E-state index in [0.29, 0.717) is 21.7 Å². The van der Waals surface area contributed by atoms with Gasteiger partial charge in [-0.3, -0.25) is 0 Å². The maximum atomic E-state index is 2.41. The lowest BCUT2D eigenvalue weighted by Crippen LogP contribution is -2.32. The first-order valence-electron chi connectivity index (χ1n) is 25.1. The normalized spacial score (nSPS) is 19.5. The van der Waals surface area contributed by atoms with E-state index in [-0.39, 0.29) is 43.9 Å². The van der Waals surface area contributed by atoms with E-state index in [9.17, 15) is 0 Å². The van der Waals surface area contributed by atoms with E-state index in [1.54, 1.807) is 0 Å². The Morgan fingerprint density at radius 3 is 0.714 bits per heavy atom. The third kappa shape index (κ3) is 27.6. The monoisotopic (exact) mass is 881 g/mol. The third-order valence-electron chi connectivity index (χ3n) is 13.5. The Morgan fingerprint density at radius 1 is 0.302 bits per heavy atom. The van der Waals surface area contributed by atoms with E-state index in [1.807, 2.05) is 27.7 Å². The molecular formula is C63H124. The molecule has 0 N–H and O–H groups in total. The van der Waals surface area contributed by atoms with Crippen LogP contribution in [0.25, 0.3) is 0 Å². The van der Waals surface area contributed by atoms with E-state index in [4.69, 9.17) is 0 Å². The zero-order valence-electron chi connectivity index (χ0n) is 46.6. The molecule has 0 saturated heterocycles. The van der Waals surface area contributed by atoms with Crippen molar-refractivity contribution < 1.29 is 0 Å². The van der Waals surface area contributed by atoms with Crippen molar-refractivity contribution >= 4 is 0 Å². The molecule has 63 heavy (non-hydrogen) atoms. The summed E-state index contributed by atoms with van der Waals surface area (Å²) in [5.74, 6) is 3.81. The Morgan fingerprint density at radius 2 is 0.524 bits per heavy atom. The van der Waals surface area contributed by atoms with Gasteiger partial charge in [0.2, 0.25) is 0 Å². The first kappa shape index (κ1) is 70.5. The van der Waals surface area contributed by atoms with E-state index in [0.717, 1.165) is 23.7 Å². The molecule has 0 aromatic heterocycles. The van der Waals surface area contributed by atoms with Crippen molar-refractivity contribution in [1.82, 2.24) is 0 Å². The molecule has 376 valence electrons. The molecule has 0 heterocycles. The Kier molecular flexibility index (Phi) is 32.0. The van der Waals surface area contributed by atoms with Crippen molar-refractivity contribution in [1.29, 1.82) is 0 Å². The molecular weight excluding hydrogens is 757 g/mol. The van der Waals surface area contributed by atoms with Crippen LogP contribution in [0.5, 0.6) is 0 Å². The Labute approximate surface area is 403 Å². The quantitative estimate of drug-likeness (QED) is 0.247. The minimum atomic E-state index is 0. The van der Waals surface area contributed by atoms with Gasteiger partial charge < -0.3 is 0 Å². The van der Waals surface area contributed by atoms with Crippen LogP contribution in [0.3, 0.4) is 0 Å². The van der Waals surface area contributed by atoms with Crippen molar-refractivity contribution in [3.63, 3.8) is 0 Å². The van der Waals surface area contributed by atoms with E-state index < -0.39 is 0 Å². The summed E-state index contributed by atoms with van der Waals surface area (Å²) in [6, 6.07) is 17.9. The molecule has 2 unspecified atom stereocenters. The number of benzene rings is 2. The molecule has 2 aromatic carbocycles. The van der Waals surface area contributed by atoms with E-state index in [1.165, 1.54) is 73.6 Å². The lowest BCUT2D eigenvalue weighted by molar-refractivity contribution is 0.0830. The molecule has 0 radical (unpaired) electrons. The molecule has 2 aliphatic carbocycles. The van der Waals surface area contributed by atoms with Gasteiger partial charge in [-0.25, -0.2) is 0 Å². The summed E-state index contributed by atoms with van der Waals surface area (Å²) in [4.78, 5) is 0. The minimum Gasteiger partial charge on any atom is -0.0776 e. The molecule has 2 aliphatic rings. The number of rotatable bonds is 0. The van der Waals surface area contributed by atoms with Crippen LogP contribution in [0, 0.1) is 45.3 Å². The van der Waals surface area contributed by atoms with Crippen molar-refractivity contribution in [3.05, 3.63) is 70.8 Å². The number of hydrogen-bond acceptors (Lipinski definition) is 0. The average molecular weight is 882 g/mol. The van der Waals surface area contributed by atoms with Gasteiger partial charge in [-0.05, 0) is 134 Å². The van der Waals surface area contributed by atoms with Crippen molar-refractivity contribution in [2.24, 2.45) is 45.3 Å². The summed E-state index contributed by atoms with van der Waals surface area (Å²) in [5, 5.41) is 0. The summed E-state index contributed by atoms with van der Waals surface area (Å²) in [5.41, 5.74) is 8.78. The van der Waals surface area contributed by atoms with Gasteiger partial charge in [0, 0.05) is 0 Å². The highest BCUT2D eigenvalue weighted by molar-refractivity contribution is 5.32. The van der Waals surface area contributed by atoms with Gasteiger partial charge in [-0.1, -0.05) is 271 Å². The smallest absolute Gasteiger partial charge is 0.0132 e. The lowest BCUT2D eigenvalue weighted by atomic mass is 9.63. The average Bonchev–Trinajstić information content (AvgIpc) is 3.11. The van der Waals surface area contributed by atoms with Crippen LogP contribution in [0.1, 0.15) is 290 Å². The minimum absolute atomic E-state index is 0. The molecule has 2 aromatic rings. The van der Waals surface area contributed by atoms with Gasteiger partial charge >= 0.3 is 0 Å². The van der Waals surface area contributed by atoms with Crippen molar-refractivity contribution in [3.8, 4) is 0 Å². The highest BCUT2D eigenvalue weighted by Gasteiger charge is 2.36. The largest absolute Gasteiger partial charge is 0.0776 e. The fourth-order valence-electron chi connectivity index (χ4n) is 8.51. The molecule has 2 saturated carbocycles. The first-order chi connectivity index (χ1) is 26.8. The van der Waals surface area contributed by atoms with Crippen molar-refractivity contribution in [2.45, 2.75) is 289 Å². The fraction of sp³-hybridized carbons (Fsp3) is 0.810. The molecule has 2 fully saturated rings.